The van der Waals surface area contributed by atoms with Crippen molar-refractivity contribution < 1.29 is 18.3 Å². The summed E-state index contributed by atoms with van der Waals surface area (Å²) < 4.78 is 33.2. The molecular formula is C19H26F2N4O2. The standard InChI is InChI=1S/C19H26F2N4O2/c1-24(2)18(26)11-23-19(22-10-15-4-3-7-27-15)25-6-5-16-13(12-25)8-14(20)9-17(16)21/h8-9,15H,3-7,10-12H2,1-2H3,(H,22,23). The number of hydrogen-bond acceptors (Lipinski definition) is 3. The van der Waals surface area contributed by atoms with E-state index in [9.17, 15) is 13.6 Å². The quantitative estimate of drug-likeness (QED) is 0.636. The molecule has 1 aromatic rings. The number of guanidine groups is 1. The smallest absolute Gasteiger partial charge is 0.243 e. The number of halogens is 2. The molecule has 6 nitrogen and oxygen atoms in total. The van der Waals surface area contributed by atoms with Crippen LogP contribution in [0.25, 0.3) is 0 Å². The summed E-state index contributed by atoms with van der Waals surface area (Å²) in [6.45, 7) is 2.26. The van der Waals surface area contributed by atoms with Crippen LogP contribution >= 0.6 is 0 Å². The van der Waals surface area contributed by atoms with E-state index in [1.54, 1.807) is 14.1 Å². The van der Waals surface area contributed by atoms with E-state index < -0.39 is 11.6 Å². The first-order valence-corrected chi connectivity index (χ1v) is 9.26. The first-order chi connectivity index (χ1) is 12.9. The van der Waals surface area contributed by atoms with Crippen LogP contribution in [0.5, 0.6) is 0 Å². The summed E-state index contributed by atoms with van der Waals surface area (Å²) in [5, 5.41) is 3.28. The number of nitrogens with one attached hydrogen (secondary N) is 1. The van der Waals surface area contributed by atoms with Gasteiger partial charge in [0.05, 0.1) is 6.10 Å². The summed E-state index contributed by atoms with van der Waals surface area (Å²) >= 11 is 0. The van der Waals surface area contributed by atoms with Gasteiger partial charge >= 0.3 is 0 Å². The number of carbonyl (C=O) groups is 1. The predicted molar refractivity (Wildman–Crippen MR) is 98.4 cm³/mol. The van der Waals surface area contributed by atoms with Gasteiger partial charge in [0.25, 0.3) is 0 Å². The number of ether oxygens (including phenoxy) is 1. The van der Waals surface area contributed by atoms with Crippen LogP contribution in [0.2, 0.25) is 0 Å². The zero-order chi connectivity index (χ0) is 19.4. The molecule has 1 fully saturated rings. The monoisotopic (exact) mass is 380 g/mol. The molecule has 3 rings (SSSR count). The fraction of sp³-hybridized carbons (Fsp3) is 0.579. The summed E-state index contributed by atoms with van der Waals surface area (Å²) in [6.07, 6.45) is 2.60. The number of benzene rings is 1. The Bertz CT molecular complexity index is 718. The third-order valence-electron chi connectivity index (χ3n) is 4.92. The predicted octanol–water partition coefficient (Wildman–Crippen LogP) is 1.54. The summed E-state index contributed by atoms with van der Waals surface area (Å²) in [5.41, 5.74) is 1.17. The maximum atomic E-state index is 14.0. The van der Waals surface area contributed by atoms with E-state index in [0.29, 0.717) is 43.1 Å². The van der Waals surface area contributed by atoms with Crippen molar-refractivity contribution in [1.82, 2.24) is 15.1 Å². The molecule has 1 aromatic carbocycles. The normalized spacial score (nSPS) is 19.8. The van der Waals surface area contributed by atoms with E-state index in [1.165, 1.54) is 11.0 Å². The second kappa shape index (κ2) is 8.65. The lowest BCUT2D eigenvalue weighted by Crippen LogP contribution is -2.46. The highest BCUT2D eigenvalue weighted by Crippen LogP contribution is 2.23. The van der Waals surface area contributed by atoms with Crippen LogP contribution in [0.1, 0.15) is 24.0 Å². The van der Waals surface area contributed by atoms with Gasteiger partial charge < -0.3 is 19.9 Å². The molecule has 0 radical (unpaired) electrons. The van der Waals surface area contributed by atoms with Crippen LogP contribution in [-0.2, 0) is 22.5 Å². The molecule has 27 heavy (non-hydrogen) atoms. The first-order valence-electron chi connectivity index (χ1n) is 9.26. The van der Waals surface area contributed by atoms with E-state index in [-0.39, 0.29) is 18.6 Å². The highest BCUT2D eigenvalue weighted by atomic mass is 19.1. The van der Waals surface area contributed by atoms with Crippen molar-refractivity contribution in [2.75, 3.05) is 40.3 Å². The topological polar surface area (TPSA) is 57.2 Å². The second-order valence-corrected chi connectivity index (χ2v) is 7.14. The van der Waals surface area contributed by atoms with Gasteiger partial charge in [0.1, 0.15) is 18.2 Å². The lowest BCUT2D eigenvalue weighted by Gasteiger charge is -2.32. The molecule has 1 N–H and O–H groups in total. The Morgan fingerprint density at radius 1 is 1.41 bits per heavy atom. The largest absolute Gasteiger partial charge is 0.376 e. The number of fused-ring (bicyclic) bond motifs is 1. The van der Waals surface area contributed by atoms with Crippen LogP contribution < -0.4 is 5.32 Å². The maximum Gasteiger partial charge on any atom is 0.243 e. The van der Waals surface area contributed by atoms with Crippen LogP contribution in [0.15, 0.2) is 17.1 Å². The zero-order valence-electron chi connectivity index (χ0n) is 15.8. The Morgan fingerprint density at radius 2 is 2.22 bits per heavy atom. The van der Waals surface area contributed by atoms with Crippen molar-refractivity contribution in [3.8, 4) is 0 Å². The van der Waals surface area contributed by atoms with E-state index in [0.717, 1.165) is 25.5 Å². The fourth-order valence-electron chi connectivity index (χ4n) is 3.35. The number of rotatable bonds is 4. The molecule has 1 saturated heterocycles. The van der Waals surface area contributed by atoms with Gasteiger partial charge in [-0.1, -0.05) is 0 Å². The summed E-state index contributed by atoms with van der Waals surface area (Å²) in [7, 11) is 3.36. The Hall–Kier alpha value is -2.22. The number of aliphatic imine (C=N–C) groups is 1. The van der Waals surface area contributed by atoms with E-state index in [1.807, 2.05) is 4.90 Å². The van der Waals surface area contributed by atoms with Crippen LogP contribution in [-0.4, -0.2) is 68.1 Å². The minimum atomic E-state index is -0.582. The average Bonchev–Trinajstić information content (AvgIpc) is 3.14. The highest BCUT2D eigenvalue weighted by molar-refractivity contribution is 5.85. The van der Waals surface area contributed by atoms with E-state index >= 15 is 0 Å². The maximum absolute atomic E-state index is 14.0. The first kappa shape index (κ1) is 19.5. The third-order valence-corrected chi connectivity index (χ3v) is 4.92. The molecule has 2 aliphatic rings. The summed E-state index contributed by atoms with van der Waals surface area (Å²) in [6, 6.07) is 2.29. The molecule has 1 atom stereocenters. The molecule has 2 heterocycles. The Kier molecular flexibility index (Phi) is 6.26. The molecule has 0 spiro atoms. The lowest BCUT2D eigenvalue weighted by molar-refractivity contribution is -0.127. The number of hydrogen-bond donors (Lipinski definition) is 1. The molecular weight excluding hydrogens is 354 g/mol. The van der Waals surface area contributed by atoms with Gasteiger partial charge in [0, 0.05) is 46.4 Å². The van der Waals surface area contributed by atoms with Gasteiger partial charge in [-0.05, 0) is 36.5 Å². The number of carbonyl (C=O) groups excluding carboxylic acids is 1. The van der Waals surface area contributed by atoms with Crippen LogP contribution in [0.4, 0.5) is 8.78 Å². The second-order valence-electron chi connectivity index (χ2n) is 7.14. The van der Waals surface area contributed by atoms with Gasteiger partial charge in [0.2, 0.25) is 5.91 Å². The van der Waals surface area contributed by atoms with E-state index in [4.69, 9.17) is 4.74 Å². The van der Waals surface area contributed by atoms with Crippen molar-refractivity contribution >= 4 is 11.9 Å². The Labute approximate surface area is 158 Å². The Balaban J connectivity index is 1.74. The molecule has 0 aliphatic carbocycles. The molecule has 2 aliphatic heterocycles. The molecule has 0 saturated carbocycles. The van der Waals surface area contributed by atoms with Crippen LogP contribution in [0, 0.1) is 11.6 Å². The van der Waals surface area contributed by atoms with Gasteiger partial charge in [-0.15, -0.1) is 0 Å². The van der Waals surface area contributed by atoms with Gasteiger partial charge in [-0.25, -0.2) is 13.8 Å². The molecule has 0 bridgehead atoms. The van der Waals surface area contributed by atoms with Gasteiger partial charge in [-0.3, -0.25) is 4.79 Å². The van der Waals surface area contributed by atoms with Crippen molar-refractivity contribution in [3.05, 3.63) is 34.9 Å². The zero-order valence-corrected chi connectivity index (χ0v) is 15.8. The molecule has 1 unspecified atom stereocenters. The Morgan fingerprint density at radius 3 is 2.93 bits per heavy atom. The molecule has 8 heteroatoms. The van der Waals surface area contributed by atoms with Crippen molar-refractivity contribution in [2.45, 2.75) is 31.9 Å². The van der Waals surface area contributed by atoms with Crippen molar-refractivity contribution in [3.63, 3.8) is 0 Å². The van der Waals surface area contributed by atoms with Gasteiger partial charge in [-0.2, -0.15) is 0 Å². The number of nitrogens with zero attached hydrogens (tertiary/aromatic N) is 3. The van der Waals surface area contributed by atoms with Crippen molar-refractivity contribution in [2.24, 2.45) is 4.99 Å². The average molecular weight is 380 g/mol. The molecule has 0 aromatic heterocycles. The minimum Gasteiger partial charge on any atom is -0.376 e. The third kappa shape index (κ3) is 4.94. The minimum absolute atomic E-state index is 0.0156. The number of likely N-dealkylation sites (N-methyl/N-ethyl adjacent to an activating group) is 1. The molecule has 1 amide bonds. The van der Waals surface area contributed by atoms with Crippen LogP contribution in [0.3, 0.4) is 0 Å². The SMILES string of the molecule is CN(C)C(=O)CN=C(NCC1CCCO1)N1CCc2c(F)cc(F)cc2C1. The highest BCUT2D eigenvalue weighted by Gasteiger charge is 2.24. The molecule has 148 valence electrons. The van der Waals surface area contributed by atoms with E-state index in [2.05, 4.69) is 10.3 Å². The fourth-order valence-corrected chi connectivity index (χ4v) is 3.35. The summed E-state index contributed by atoms with van der Waals surface area (Å²) in [5.74, 6) is -0.628. The van der Waals surface area contributed by atoms with Crippen molar-refractivity contribution in [1.29, 1.82) is 0 Å². The van der Waals surface area contributed by atoms with Gasteiger partial charge in [0.15, 0.2) is 5.96 Å². The summed E-state index contributed by atoms with van der Waals surface area (Å²) in [4.78, 5) is 19.8. The lowest BCUT2D eigenvalue weighted by atomic mass is 9.99. The number of amides is 1.